The predicted octanol–water partition coefficient (Wildman–Crippen LogP) is 3.26. The van der Waals surface area contributed by atoms with Gasteiger partial charge in [0.25, 0.3) is 6.43 Å². The van der Waals surface area contributed by atoms with Crippen LogP contribution in [0, 0.1) is 0 Å². The first-order valence-electron chi connectivity index (χ1n) is 3.34. The van der Waals surface area contributed by atoms with E-state index in [0.717, 1.165) is 0 Å². The van der Waals surface area contributed by atoms with Crippen molar-refractivity contribution in [1.82, 2.24) is 4.98 Å². The fourth-order valence-corrected chi connectivity index (χ4v) is 2.04. The zero-order valence-corrected chi connectivity index (χ0v) is 9.57. The van der Waals surface area contributed by atoms with Crippen LogP contribution in [0.25, 0.3) is 0 Å². The lowest BCUT2D eigenvalue weighted by atomic mass is 10.1. The van der Waals surface area contributed by atoms with Crippen molar-refractivity contribution in [3.63, 3.8) is 0 Å². The van der Waals surface area contributed by atoms with E-state index in [2.05, 4.69) is 36.8 Å². The minimum Gasteiger partial charge on any atom is -0.383 e. The highest BCUT2D eigenvalue weighted by molar-refractivity contribution is 9.10. The molecule has 0 amide bonds. The summed E-state index contributed by atoms with van der Waals surface area (Å²) in [6.07, 6.45) is -1.27. The zero-order valence-electron chi connectivity index (χ0n) is 6.40. The maximum Gasteiger partial charge on any atom is 0.265 e. The van der Waals surface area contributed by atoms with Crippen LogP contribution in [0.5, 0.6) is 0 Å². The molecule has 1 heterocycles. The van der Waals surface area contributed by atoms with Gasteiger partial charge in [0.1, 0.15) is 5.82 Å². The third kappa shape index (κ3) is 2.17. The number of nitrogens with two attached hydrogens (primary N) is 1. The molecule has 0 bridgehead atoms. The highest BCUT2D eigenvalue weighted by Crippen LogP contribution is 2.33. The van der Waals surface area contributed by atoms with Crippen LogP contribution in [0.3, 0.4) is 0 Å². The molecule has 0 saturated heterocycles. The Bertz CT molecular complexity index is 318. The van der Waals surface area contributed by atoms with E-state index < -0.39 is 6.43 Å². The van der Waals surface area contributed by atoms with Gasteiger partial charge >= 0.3 is 0 Å². The van der Waals surface area contributed by atoms with Gasteiger partial charge in [-0.15, -0.1) is 0 Å². The molecule has 1 aromatic rings. The largest absolute Gasteiger partial charge is 0.383 e. The molecule has 0 aliphatic carbocycles. The quantitative estimate of drug-likeness (QED) is 0.851. The fourth-order valence-electron chi connectivity index (χ4n) is 0.932. The van der Waals surface area contributed by atoms with Crippen molar-refractivity contribution in [2.75, 3.05) is 5.73 Å². The smallest absolute Gasteiger partial charge is 0.265 e. The summed E-state index contributed by atoms with van der Waals surface area (Å²) in [6.45, 7) is 0. The van der Waals surface area contributed by atoms with Crippen LogP contribution in [0.4, 0.5) is 14.6 Å². The normalized spacial score (nSPS) is 10.8. The first kappa shape index (κ1) is 10.8. The molecule has 0 aliphatic rings. The third-order valence-electron chi connectivity index (χ3n) is 1.56. The summed E-state index contributed by atoms with van der Waals surface area (Å²) in [4.78, 5) is 3.76. The molecule has 0 saturated carbocycles. The summed E-state index contributed by atoms with van der Waals surface area (Å²) in [5.74, 6) is 0.135. The van der Waals surface area contributed by atoms with Crippen LogP contribution >= 0.6 is 31.9 Å². The van der Waals surface area contributed by atoms with Crippen LogP contribution in [0.15, 0.2) is 10.7 Å². The van der Waals surface area contributed by atoms with E-state index in [9.17, 15) is 8.78 Å². The van der Waals surface area contributed by atoms with Gasteiger partial charge in [-0.25, -0.2) is 13.8 Å². The highest BCUT2D eigenvalue weighted by Gasteiger charge is 2.18. The van der Waals surface area contributed by atoms with E-state index in [-0.39, 0.29) is 21.2 Å². The van der Waals surface area contributed by atoms with Crippen molar-refractivity contribution in [2.24, 2.45) is 0 Å². The zero-order chi connectivity index (χ0) is 10.0. The predicted molar refractivity (Wildman–Crippen MR) is 53.9 cm³/mol. The third-order valence-corrected chi connectivity index (χ3v) is 2.75. The van der Waals surface area contributed by atoms with Gasteiger partial charge in [-0.2, -0.15) is 0 Å². The van der Waals surface area contributed by atoms with Gasteiger partial charge in [0.05, 0.1) is 0 Å². The molecule has 1 rings (SSSR count). The van der Waals surface area contributed by atoms with Gasteiger partial charge in [-0.1, -0.05) is 15.9 Å². The lowest BCUT2D eigenvalue weighted by Crippen LogP contribution is -2.02. The second-order valence-electron chi connectivity index (χ2n) is 2.32. The minimum atomic E-state index is -2.55. The van der Waals surface area contributed by atoms with Crippen LogP contribution in [0.1, 0.15) is 17.6 Å². The van der Waals surface area contributed by atoms with E-state index >= 15 is 0 Å². The lowest BCUT2D eigenvalue weighted by Gasteiger charge is -2.10. The number of anilines is 1. The van der Waals surface area contributed by atoms with Crippen LogP contribution in [-0.4, -0.2) is 4.98 Å². The molecule has 13 heavy (non-hydrogen) atoms. The number of nitrogen functional groups attached to an aromatic ring is 1. The summed E-state index contributed by atoms with van der Waals surface area (Å²) < 4.78 is 25.3. The van der Waals surface area contributed by atoms with Crippen molar-refractivity contribution < 1.29 is 8.78 Å². The molecule has 2 N–H and O–H groups in total. The van der Waals surface area contributed by atoms with Crippen molar-refractivity contribution in [3.05, 3.63) is 21.8 Å². The first-order valence-corrected chi connectivity index (χ1v) is 5.26. The number of rotatable bonds is 2. The molecule has 6 heteroatoms. The van der Waals surface area contributed by atoms with Crippen molar-refractivity contribution in [2.45, 2.75) is 11.8 Å². The van der Waals surface area contributed by atoms with Gasteiger partial charge in [-0.05, 0) is 15.9 Å². The number of hydrogen-bond donors (Lipinski definition) is 1. The second-order valence-corrected chi connectivity index (χ2v) is 3.73. The Labute approximate surface area is 90.8 Å². The molecule has 0 fully saturated rings. The molecule has 0 aromatic carbocycles. The van der Waals surface area contributed by atoms with Crippen molar-refractivity contribution in [1.29, 1.82) is 0 Å². The molecule has 0 aliphatic heterocycles. The molecule has 0 unspecified atom stereocenters. The van der Waals surface area contributed by atoms with E-state index in [1.54, 1.807) is 0 Å². The Balaban J connectivity index is 3.35. The molecule has 0 spiro atoms. The lowest BCUT2D eigenvalue weighted by molar-refractivity contribution is 0.149. The maximum atomic E-state index is 12.5. The molecule has 2 nitrogen and oxygen atoms in total. The van der Waals surface area contributed by atoms with Crippen LogP contribution in [-0.2, 0) is 5.33 Å². The van der Waals surface area contributed by atoms with E-state index in [1.165, 1.54) is 6.20 Å². The van der Waals surface area contributed by atoms with E-state index in [0.29, 0.717) is 5.56 Å². The molecule has 1 aromatic heterocycles. The fraction of sp³-hybridized carbons (Fsp3) is 0.286. The van der Waals surface area contributed by atoms with E-state index in [1.807, 2.05) is 0 Å². The van der Waals surface area contributed by atoms with Gasteiger partial charge in [0, 0.05) is 27.1 Å². The number of alkyl halides is 3. The average molecular weight is 316 g/mol. The molecule has 0 atom stereocenters. The Kier molecular flexibility index (Phi) is 3.61. The summed E-state index contributed by atoms with van der Waals surface area (Å²) >= 11 is 6.09. The van der Waals surface area contributed by atoms with Gasteiger partial charge in [0.2, 0.25) is 0 Å². The topological polar surface area (TPSA) is 38.9 Å². The monoisotopic (exact) mass is 314 g/mol. The number of pyridine rings is 1. The Hall–Kier alpha value is -0.230. The molecular weight excluding hydrogens is 310 g/mol. The number of hydrogen-bond acceptors (Lipinski definition) is 2. The summed E-state index contributed by atoms with van der Waals surface area (Å²) in [5.41, 5.74) is 5.69. The Morgan fingerprint density at radius 1 is 1.54 bits per heavy atom. The summed E-state index contributed by atoms with van der Waals surface area (Å²) in [7, 11) is 0. The van der Waals surface area contributed by atoms with Gasteiger partial charge in [-0.3, -0.25) is 0 Å². The van der Waals surface area contributed by atoms with Crippen LogP contribution in [0.2, 0.25) is 0 Å². The number of aromatic nitrogens is 1. The van der Waals surface area contributed by atoms with Gasteiger partial charge < -0.3 is 5.73 Å². The number of nitrogens with zero attached hydrogens (tertiary/aromatic N) is 1. The second kappa shape index (κ2) is 4.32. The number of halogens is 4. The Morgan fingerprint density at radius 3 is 2.54 bits per heavy atom. The standard InChI is InChI=1S/C7H6Br2F2N2/c8-1-3-5(6(10)11)4(9)2-13-7(3)12/h2,6H,1H2,(H2,12,13). The van der Waals surface area contributed by atoms with Crippen molar-refractivity contribution in [3.8, 4) is 0 Å². The first-order chi connectivity index (χ1) is 6.07. The highest BCUT2D eigenvalue weighted by atomic mass is 79.9. The summed E-state index contributed by atoms with van der Waals surface area (Å²) in [6, 6.07) is 0. The van der Waals surface area contributed by atoms with Crippen LogP contribution < -0.4 is 5.73 Å². The maximum absolute atomic E-state index is 12.5. The average Bonchev–Trinajstić information content (AvgIpc) is 2.07. The molecule has 0 radical (unpaired) electrons. The molecular formula is C7H6Br2F2N2. The van der Waals surface area contributed by atoms with Gasteiger partial charge in [0.15, 0.2) is 0 Å². The van der Waals surface area contributed by atoms with Crippen molar-refractivity contribution >= 4 is 37.7 Å². The minimum absolute atomic E-state index is 0.0932. The summed E-state index contributed by atoms with van der Waals surface area (Å²) in [5, 5.41) is 0.269. The van der Waals surface area contributed by atoms with E-state index in [4.69, 9.17) is 5.73 Å². The SMILES string of the molecule is Nc1ncc(Br)c(C(F)F)c1CBr. The Morgan fingerprint density at radius 2 is 2.15 bits per heavy atom. The molecule has 72 valence electrons.